The monoisotopic (exact) mass is 307 g/mol. The van der Waals surface area contributed by atoms with Gasteiger partial charge in [-0.25, -0.2) is 4.98 Å². The second kappa shape index (κ2) is 6.36. The van der Waals surface area contributed by atoms with E-state index in [-0.39, 0.29) is 0 Å². The zero-order chi connectivity index (χ0) is 16.2. The van der Waals surface area contributed by atoms with Gasteiger partial charge in [-0.3, -0.25) is 4.79 Å². The molecule has 0 atom stereocenters. The number of aromatic amines is 1. The number of rotatable bonds is 5. The zero-order valence-corrected chi connectivity index (χ0v) is 12.7. The van der Waals surface area contributed by atoms with Gasteiger partial charge in [-0.15, -0.1) is 0 Å². The van der Waals surface area contributed by atoms with Crippen LogP contribution in [0.1, 0.15) is 18.1 Å². The van der Waals surface area contributed by atoms with Crippen molar-refractivity contribution < 1.29 is 9.53 Å². The van der Waals surface area contributed by atoms with Crippen molar-refractivity contribution in [3.8, 4) is 5.75 Å². The van der Waals surface area contributed by atoms with Crippen LogP contribution in [0.2, 0.25) is 0 Å². The first kappa shape index (κ1) is 14.8. The van der Waals surface area contributed by atoms with Crippen molar-refractivity contribution in [2.75, 3.05) is 6.61 Å². The molecule has 5 heteroatoms. The number of hydrogen-bond donors (Lipinski definition) is 2. The third kappa shape index (κ3) is 3.08. The molecule has 1 amide bonds. The minimum atomic E-state index is -0.479. The number of aromatic nitrogens is 2. The van der Waals surface area contributed by atoms with E-state index >= 15 is 0 Å². The maximum Gasteiger partial charge on any atom is 0.249 e. The Labute approximate surface area is 133 Å². The number of carbonyl (C=O) groups is 1. The van der Waals surface area contributed by atoms with Crippen molar-refractivity contribution in [2.45, 2.75) is 6.92 Å². The fourth-order valence-electron chi connectivity index (χ4n) is 2.45. The van der Waals surface area contributed by atoms with Crippen molar-refractivity contribution in [2.24, 2.45) is 5.73 Å². The molecule has 0 fully saturated rings. The van der Waals surface area contributed by atoms with Crippen molar-refractivity contribution in [1.29, 1.82) is 0 Å². The predicted molar refractivity (Wildman–Crippen MR) is 90.8 cm³/mol. The minimum Gasteiger partial charge on any atom is -0.494 e. The zero-order valence-electron chi connectivity index (χ0n) is 12.7. The Morgan fingerprint density at radius 3 is 2.78 bits per heavy atom. The molecule has 3 N–H and O–H groups in total. The maximum atomic E-state index is 11.9. The molecule has 0 saturated heterocycles. The van der Waals surface area contributed by atoms with Crippen molar-refractivity contribution in [1.82, 2.24) is 9.97 Å². The van der Waals surface area contributed by atoms with Crippen molar-refractivity contribution in [3.05, 3.63) is 59.9 Å². The van der Waals surface area contributed by atoms with E-state index in [0.717, 1.165) is 27.9 Å². The van der Waals surface area contributed by atoms with Crippen LogP contribution in [0.5, 0.6) is 5.75 Å². The number of amides is 1. The van der Waals surface area contributed by atoms with Gasteiger partial charge in [-0.2, -0.15) is 0 Å². The SMILES string of the molecule is CCOc1ccc(C(=Cc2c[nH]c3ncccc23)C(N)=O)cc1. The van der Waals surface area contributed by atoms with Gasteiger partial charge in [-0.05, 0) is 42.8 Å². The highest BCUT2D eigenvalue weighted by Gasteiger charge is 2.11. The molecule has 0 bridgehead atoms. The van der Waals surface area contributed by atoms with Crippen LogP contribution in [0.3, 0.4) is 0 Å². The van der Waals surface area contributed by atoms with E-state index < -0.39 is 5.91 Å². The van der Waals surface area contributed by atoms with Crippen molar-refractivity contribution >= 4 is 28.6 Å². The highest BCUT2D eigenvalue weighted by atomic mass is 16.5. The number of ether oxygens (including phenoxy) is 1. The summed E-state index contributed by atoms with van der Waals surface area (Å²) in [5.41, 5.74) is 8.40. The van der Waals surface area contributed by atoms with Gasteiger partial charge in [0.2, 0.25) is 5.91 Å². The predicted octanol–water partition coefficient (Wildman–Crippen LogP) is 2.99. The Kier molecular flexibility index (Phi) is 4.10. The highest BCUT2D eigenvalue weighted by molar-refractivity contribution is 6.24. The number of hydrogen-bond acceptors (Lipinski definition) is 3. The molecule has 1 aromatic carbocycles. The van der Waals surface area contributed by atoms with E-state index in [2.05, 4.69) is 9.97 Å². The summed E-state index contributed by atoms with van der Waals surface area (Å²) >= 11 is 0. The lowest BCUT2D eigenvalue weighted by molar-refractivity contribution is -0.112. The van der Waals surface area contributed by atoms with Gasteiger partial charge in [0, 0.05) is 28.9 Å². The largest absolute Gasteiger partial charge is 0.494 e. The molecule has 0 radical (unpaired) electrons. The lowest BCUT2D eigenvalue weighted by atomic mass is 10.0. The van der Waals surface area contributed by atoms with E-state index in [0.29, 0.717) is 12.2 Å². The lowest BCUT2D eigenvalue weighted by Crippen LogP contribution is -2.12. The second-order valence-electron chi connectivity index (χ2n) is 5.02. The fourth-order valence-corrected chi connectivity index (χ4v) is 2.45. The number of nitrogens with two attached hydrogens (primary N) is 1. The summed E-state index contributed by atoms with van der Waals surface area (Å²) in [6.07, 6.45) is 5.31. The minimum absolute atomic E-state index is 0.442. The first-order valence-electron chi connectivity index (χ1n) is 7.36. The molecular weight excluding hydrogens is 290 g/mol. The third-order valence-electron chi connectivity index (χ3n) is 3.52. The summed E-state index contributed by atoms with van der Waals surface area (Å²) < 4.78 is 5.42. The molecule has 116 valence electrons. The van der Waals surface area contributed by atoms with Gasteiger partial charge < -0.3 is 15.5 Å². The summed E-state index contributed by atoms with van der Waals surface area (Å²) in [7, 11) is 0. The molecule has 5 nitrogen and oxygen atoms in total. The molecule has 2 aromatic heterocycles. The van der Waals surface area contributed by atoms with E-state index in [1.165, 1.54) is 0 Å². The Morgan fingerprint density at radius 2 is 2.09 bits per heavy atom. The first-order chi connectivity index (χ1) is 11.2. The Morgan fingerprint density at radius 1 is 1.30 bits per heavy atom. The Hall–Kier alpha value is -3.08. The number of pyridine rings is 1. The summed E-state index contributed by atoms with van der Waals surface area (Å²) in [6.45, 7) is 2.52. The first-order valence-corrected chi connectivity index (χ1v) is 7.36. The molecule has 23 heavy (non-hydrogen) atoms. The average Bonchev–Trinajstić information content (AvgIpc) is 2.97. The molecule has 3 rings (SSSR count). The Balaban J connectivity index is 2.03. The number of H-pyrrole nitrogens is 1. The van der Waals surface area contributed by atoms with E-state index in [1.807, 2.05) is 49.5 Å². The number of carbonyl (C=O) groups excluding carboxylic acids is 1. The van der Waals surface area contributed by atoms with E-state index in [4.69, 9.17) is 10.5 Å². The quantitative estimate of drug-likeness (QED) is 0.711. The average molecular weight is 307 g/mol. The lowest BCUT2D eigenvalue weighted by Gasteiger charge is -2.06. The summed E-state index contributed by atoms with van der Waals surface area (Å²) in [6, 6.07) is 11.1. The van der Waals surface area contributed by atoms with Crippen LogP contribution in [0.15, 0.2) is 48.8 Å². The summed E-state index contributed by atoms with van der Waals surface area (Å²) in [5, 5.41) is 0.942. The highest BCUT2D eigenvalue weighted by Crippen LogP contribution is 2.24. The number of nitrogens with zero attached hydrogens (tertiary/aromatic N) is 1. The van der Waals surface area contributed by atoms with Gasteiger partial charge in [0.1, 0.15) is 11.4 Å². The molecule has 3 aromatic rings. The van der Waals surface area contributed by atoms with Crippen LogP contribution in [0.4, 0.5) is 0 Å². The van der Waals surface area contributed by atoms with Crippen molar-refractivity contribution in [3.63, 3.8) is 0 Å². The molecule has 0 spiro atoms. The normalized spacial score (nSPS) is 11.6. The molecular formula is C18H17N3O2. The van der Waals surface area contributed by atoms with Crippen LogP contribution < -0.4 is 10.5 Å². The summed E-state index contributed by atoms with van der Waals surface area (Å²) in [4.78, 5) is 19.2. The topological polar surface area (TPSA) is 81.0 Å². The summed E-state index contributed by atoms with van der Waals surface area (Å²) in [5.74, 6) is 0.281. The van der Waals surface area contributed by atoms with Crippen LogP contribution in [-0.2, 0) is 4.79 Å². The van der Waals surface area contributed by atoms with Gasteiger partial charge >= 0.3 is 0 Å². The number of benzene rings is 1. The molecule has 0 aliphatic carbocycles. The molecule has 0 saturated carbocycles. The number of fused-ring (bicyclic) bond motifs is 1. The second-order valence-corrected chi connectivity index (χ2v) is 5.02. The third-order valence-corrected chi connectivity index (χ3v) is 3.52. The fraction of sp³-hybridized carbons (Fsp3) is 0.111. The number of nitrogens with one attached hydrogen (secondary N) is 1. The van der Waals surface area contributed by atoms with Crippen LogP contribution in [0, 0.1) is 0 Å². The molecule has 0 unspecified atom stereocenters. The van der Waals surface area contributed by atoms with E-state index in [9.17, 15) is 4.79 Å². The number of primary amides is 1. The Bertz CT molecular complexity index is 863. The smallest absolute Gasteiger partial charge is 0.249 e. The van der Waals surface area contributed by atoms with Crippen LogP contribution >= 0.6 is 0 Å². The van der Waals surface area contributed by atoms with Gasteiger partial charge in [0.15, 0.2) is 0 Å². The molecule has 0 aliphatic heterocycles. The van der Waals surface area contributed by atoms with Crippen LogP contribution in [-0.4, -0.2) is 22.5 Å². The molecule has 0 aliphatic rings. The van der Waals surface area contributed by atoms with Gasteiger partial charge in [-0.1, -0.05) is 12.1 Å². The maximum absolute atomic E-state index is 11.9. The van der Waals surface area contributed by atoms with Gasteiger partial charge in [0.25, 0.3) is 0 Å². The van der Waals surface area contributed by atoms with Crippen LogP contribution in [0.25, 0.3) is 22.7 Å². The van der Waals surface area contributed by atoms with Gasteiger partial charge in [0.05, 0.1) is 6.61 Å². The standard InChI is InChI=1S/C18H17N3O2/c1-2-23-14-7-5-12(6-8-14)16(17(19)22)10-13-11-21-18-15(13)4-3-9-20-18/h3-11H,2H2,1H3,(H2,19,22)(H,20,21). The van der Waals surface area contributed by atoms with E-state index in [1.54, 1.807) is 12.3 Å². The molecule has 2 heterocycles.